The number of nitrogens with zero attached hydrogens (tertiary/aromatic N) is 2. The Morgan fingerprint density at radius 3 is 2.82 bits per heavy atom. The summed E-state index contributed by atoms with van der Waals surface area (Å²) < 4.78 is 10.6. The second-order valence-electron chi connectivity index (χ2n) is 4.62. The predicted molar refractivity (Wildman–Crippen MR) is 83.0 cm³/mol. The Kier molecular flexibility index (Phi) is 5.28. The number of carbonyl (C=O) groups excluding carboxylic acids is 1. The summed E-state index contributed by atoms with van der Waals surface area (Å²) in [5.74, 6) is 3.43. The molecular weight excluding hydrogens is 302 g/mol. The van der Waals surface area contributed by atoms with Gasteiger partial charge in [0.25, 0.3) is 11.1 Å². The Morgan fingerprint density at radius 2 is 2.23 bits per heavy atom. The van der Waals surface area contributed by atoms with Gasteiger partial charge >= 0.3 is 0 Å². The molecule has 2 heterocycles. The van der Waals surface area contributed by atoms with Crippen molar-refractivity contribution in [2.45, 2.75) is 37.5 Å². The van der Waals surface area contributed by atoms with Gasteiger partial charge in [-0.15, -0.1) is 16.6 Å². The molecule has 2 aromatic heterocycles. The maximum atomic E-state index is 12.0. The predicted octanol–water partition coefficient (Wildman–Crippen LogP) is 2.73. The highest BCUT2D eigenvalue weighted by Gasteiger charge is 2.25. The molecule has 0 saturated carbocycles. The van der Waals surface area contributed by atoms with Crippen LogP contribution in [0.15, 0.2) is 32.5 Å². The van der Waals surface area contributed by atoms with Gasteiger partial charge in [0.2, 0.25) is 5.91 Å². The van der Waals surface area contributed by atoms with Gasteiger partial charge in [-0.3, -0.25) is 4.79 Å². The van der Waals surface area contributed by atoms with E-state index >= 15 is 0 Å². The Hall–Kier alpha value is -2.20. The number of aromatic nitrogens is 2. The van der Waals surface area contributed by atoms with E-state index in [-0.39, 0.29) is 17.6 Å². The average molecular weight is 319 g/mol. The molecule has 0 atom stereocenters. The van der Waals surface area contributed by atoms with Crippen molar-refractivity contribution in [1.82, 2.24) is 15.5 Å². The minimum absolute atomic E-state index is 0.156. The molecule has 0 aliphatic heterocycles. The highest BCUT2D eigenvalue weighted by atomic mass is 32.2. The van der Waals surface area contributed by atoms with Gasteiger partial charge in [-0.05, 0) is 25.0 Å². The van der Waals surface area contributed by atoms with Crippen LogP contribution in [-0.4, -0.2) is 27.4 Å². The summed E-state index contributed by atoms with van der Waals surface area (Å²) in [6.07, 6.45) is 8.40. The second-order valence-corrected chi connectivity index (χ2v) is 5.55. The van der Waals surface area contributed by atoms with Crippen molar-refractivity contribution < 1.29 is 13.6 Å². The van der Waals surface area contributed by atoms with Gasteiger partial charge in [0.05, 0.1) is 12.0 Å². The molecule has 0 aromatic carbocycles. The summed E-state index contributed by atoms with van der Waals surface area (Å²) in [5, 5.41) is 10.9. The normalized spacial score (nSPS) is 11.1. The summed E-state index contributed by atoms with van der Waals surface area (Å²) in [7, 11) is 0. The third-order valence-corrected chi connectivity index (χ3v) is 4.15. The first-order valence-corrected chi connectivity index (χ1v) is 7.90. The van der Waals surface area contributed by atoms with Crippen LogP contribution in [0, 0.1) is 12.3 Å². The van der Waals surface area contributed by atoms with Crippen LogP contribution in [0.5, 0.6) is 0 Å². The van der Waals surface area contributed by atoms with Crippen LogP contribution in [0.2, 0.25) is 0 Å². The van der Waals surface area contributed by atoms with Gasteiger partial charge in [0.1, 0.15) is 5.54 Å². The number of terminal acetylenes is 1. The van der Waals surface area contributed by atoms with Crippen molar-refractivity contribution in [3.63, 3.8) is 0 Å². The van der Waals surface area contributed by atoms with Gasteiger partial charge in [-0.1, -0.05) is 31.5 Å². The third kappa shape index (κ3) is 3.71. The largest absolute Gasteiger partial charge is 0.459 e. The van der Waals surface area contributed by atoms with Crippen LogP contribution in [0.3, 0.4) is 0 Å². The molecule has 22 heavy (non-hydrogen) atoms. The molecule has 0 fully saturated rings. The van der Waals surface area contributed by atoms with Crippen LogP contribution in [0.4, 0.5) is 0 Å². The van der Waals surface area contributed by atoms with E-state index in [1.54, 1.807) is 12.1 Å². The second kappa shape index (κ2) is 7.18. The van der Waals surface area contributed by atoms with Gasteiger partial charge in [0, 0.05) is 0 Å². The number of carbonyl (C=O) groups is 1. The molecule has 0 unspecified atom stereocenters. The van der Waals surface area contributed by atoms with Crippen LogP contribution in [0.25, 0.3) is 11.7 Å². The molecule has 1 amide bonds. The molecule has 0 bridgehead atoms. The number of nitrogens with one attached hydrogen (secondary N) is 1. The maximum absolute atomic E-state index is 12.0. The summed E-state index contributed by atoms with van der Waals surface area (Å²) in [5.41, 5.74) is -0.591. The van der Waals surface area contributed by atoms with Crippen molar-refractivity contribution in [2.75, 3.05) is 5.75 Å². The van der Waals surface area contributed by atoms with Gasteiger partial charge < -0.3 is 14.2 Å². The lowest BCUT2D eigenvalue weighted by molar-refractivity contribution is -0.119. The zero-order valence-electron chi connectivity index (χ0n) is 12.5. The molecule has 1 N–H and O–H groups in total. The van der Waals surface area contributed by atoms with Crippen LogP contribution in [-0.2, 0) is 4.79 Å². The number of thioether (sulfide) groups is 1. The molecule has 7 heteroatoms. The van der Waals surface area contributed by atoms with Crippen LogP contribution >= 0.6 is 11.8 Å². The van der Waals surface area contributed by atoms with E-state index in [1.807, 2.05) is 13.8 Å². The van der Waals surface area contributed by atoms with Gasteiger partial charge in [0.15, 0.2) is 5.76 Å². The minimum atomic E-state index is -0.591. The lowest BCUT2D eigenvalue weighted by Crippen LogP contribution is -2.47. The first-order valence-electron chi connectivity index (χ1n) is 6.91. The van der Waals surface area contributed by atoms with Crippen molar-refractivity contribution in [2.24, 2.45) is 0 Å². The minimum Gasteiger partial charge on any atom is -0.459 e. The molecule has 0 aliphatic carbocycles. The molecule has 6 nitrogen and oxygen atoms in total. The first-order chi connectivity index (χ1) is 10.6. The Bertz CT molecular complexity index is 654. The SMILES string of the molecule is C#CC(CC)(CC)NC(=O)CSc1nnc(-c2ccco2)o1. The molecule has 0 aliphatic rings. The first kappa shape index (κ1) is 16.2. The lowest BCUT2D eigenvalue weighted by Gasteiger charge is -2.26. The lowest BCUT2D eigenvalue weighted by atomic mass is 9.94. The van der Waals surface area contributed by atoms with Crippen molar-refractivity contribution in [3.8, 4) is 24.0 Å². The van der Waals surface area contributed by atoms with E-state index in [4.69, 9.17) is 15.3 Å². The molecule has 2 aromatic rings. The molecule has 0 saturated heterocycles. The Balaban J connectivity index is 1.91. The van der Waals surface area contributed by atoms with Gasteiger partial charge in [-0.25, -0.2) is 0 Å². The highest BCUT2D eigenvalue weighted by Crippen LogP contribution is 2.23. The monoisotopic (exact) mass is 319 g/mol. The highest BCUT2D eigenvalue weighted by molar-refractivity contribution is 7.99. The number of furan rings is 1. The summed E-state index contributed by atoms with van der Waals surface area (Å²) in [6.45, 7) is 3.90. The fourth-order valence-corrected chi connectivity index (χ4v) is 2.43. The van der Waals surface area contributed by atoms with E-state index in [0.717, 1.165) is 11.8 Å². The smallest absolute Gasteiger partial charge is 0.284 e. The van der Waals surface area contributed by atoms with E-state index in [0.29, 0.717) is 23.8 Å². The fraction of sp³-hybridized carbons (Fsp3) is 0.400. The zero-order valence-corrected chi connectivity index (χ0v) is 13.3. The van der Waals surface area contributed by atoms with Crippen LogP contribution < -0.4 is 5.32 Å². The zero-order chi connectivity index (χ0) is 16.0. The molecule has 0 radical (unpaired) electrons. The number of amides is 1. The van der Waals surface area contributed by atoms with E-state index < -0.39 is 5.54 Å². The standard InChI is InChI=1S/C15H17N3O3S/c1-4-15(5-2,6-3)16-12(19)10-22-14-18-17-13(21-14)11-8-7-9-20-11/h1,7-9H,5-6,10H2,2-3H3,(H,16,19). The number of hydrogen-bond donors (Lipinski definition) is 1. The Labute approximate surface area is 133 Å². The fourth-order valence-electron chi connectivity index (χ4n) is 1.87. The van der Waals surface area contributed by atoms with E-state index in [1.165, 1.54) is 6.26 Å². The molecule has 116 valence electrons. The third-order valence-electron chi connectivity index (χ3n) is 3.33. The Morgan fingerprint density at radius 1 is 1.45 bits per heavy atom. The topological polar surface area (TPSA) is 81.2 Å². The van der Waals surface area contributed by atoms with Gasteiger partial charge in [-0.2, -0.15) is 0 Å². The average Bonchev–Trinajstić information content (AvgIpc) is 3.21. The van der Waals surface area contributed by atoms with Crippen LogP contribution in [0.1, 0.15) is 26.7 Å². The molecular formula is C15H17N3O3S. The maximum Gasteiger partial charge on any atom is 0.284 e. The quantitative estimate of drug-likeness (QED) is 0.624. The summed E-state index contributed by atoms with van der Waals surface area (Å²) in [6, 6.07) is 3.45. The molecule has 0 spiro atoms. The summed E-state index contributed by atoms with van der Waals surface area (Å²) >= 11 is 1.16. The van der Waals surface area contributed by atoms with E-state index in [2.05, 4.69) is 21.4 Å². The van der Waals surface area contributed by atoms with E-state index in [9.17, 15) is 4.79 Å². The number of hydrogen-bond acceptors (Lipinski definition) is 6. The summed E-state index contributed by atoms with van der Waals surface area (Å²) in [4.78, 5) is 12.0. The number of rotatable bonds is 7. The van der Waals surface area contributed by atoms with Crippen molar-refractivity contribution in [1.29, 1.82) is 0 Å². The van der Waals surface area contributed by atoms with Crippen molar-refractivity contribution >= 4 is 17.7 Å². The van der Waals surface area contributed by atoms with Crippen molar-refractivity contribution in [3.05, 3.63) is 18.4 Å². The molecule has 2 rings (SSSR count).